The lowest BCUT2D eigenvalue weighted by Gasteiger charge is -2.27. The lowest BCUT2D eigenvalue weighted by Crippen LogP contribution is -2.34. The van der Waals surface area contributed by atoms with Gasteiger partial charge in [-0.1, -0.05) is 19.9 Å². The average molecular weight is 279 g/mol. The minimum Gasteiger partial charge on any atom is -0.508 e. The van der Waals surface area contributed by atoms with Crippen LogP contribution in [0.2, 0.25) is 0 Å². The molecule has 0 aliphatic carbocycles. The maximum atomic E-state index is 12.3. The fraction of sp³-hybridized carbons (Fsp3) is 0.467. The Hall–Kier alpha value is -2.04. The van der Waals surface area contributed by atoms with E-state index >= 15 is 0 Å². The molecule has 5 nitrogen and oxygen atoms in total. The second kappa shape index (κ2) is 6.41. The van der Waals surface area contributed by atoms with E-state index in [9.17, 15) is 14.7 Å². The highest BCUT2D eigenvalue weighted by molar-refractivity contribution is 5.94. The number of amides is 1. The lowest BCUT2D eigenvalue weighted by atomic mass is 9.85. The Labute approximate surface area is 118 Å². The highest BCUT2D eigenvalue weighted by atomic mass is 16.4. The molecule has 1 aromatic carbocycles. The van der Waals surface area contributed by atoms with Crippen molar-refractivity contribution in [3.8, 4) is 5.75 Å². The van der Waals surface area contributed by atoms with E-state index in [0.717, 1.165) is 0 Å². The van der Waals surface area contributed by atoms with E-state index in [1.54, 1.807) is 30.9 Å². The summed E-state index contributed by atoms with van der Waals surface area (Å²) in [5.41, 5.74) is 0.0105. The number of phenolic OH excluding ortho intramolecular Hbond substituents is 1. The van der Waals surface area contributed by atoms with Crippen molar-refractivity contribution >= 4 is 17.6 Å². The molecule has 0 bridgehead atoms. The Morgan fingerprint density at radius 2 is 1.90 bits per heavy atom. The molecule has 2 N–H and O–H groups in total. The normalized spacial score (nSPS) is 11.2. The molecule has 0 atom stereocenters. The molecule has 1 rings (SSSR count). The predicted octanol–water partition coefficient (Wildman–Crippen LogP) is 2.64. The van der Waals surface area contributed by atoms with Crippen LogP contribution in [0.25, 0.3) is 0 Å². The number of aromatic hydroxyl groups is 1. The fourth-order valence-electron chi connectivity index (χ4n) is 2.14. The number of anilines is 1. The number of carboxylic acids is 1. The molecular weight excluding hydrogens is 258 g/mol. The number of hydrogen-bond donors (Lipinski definition) is 2. The van der Waals surface area contributed by atoms with E-state index in [0.29, 0.717) is 12.2 Å². The number of aliphatic carboxylic acids is 1. The van der Waals surface area contributed by atoms with Gasteiger partial charge < -0.3 is 15.1 Å². The topological polar surface area (TPSA) is 77.8 Å². The highest BCUT2D eigenvalue weighted by Gasteiger charge is 2.27. The van der Waals surface area contributed by atoms with Crippen molar-refractivity contribution in [3.63, 3.8) is 0 Å². The molecule has 1 aromatic rings. The molecule has 0 aliphatic rings. The summed E-state index contributed by atoms with van der Waals surface area (Å²) in [6.45, 7) is 5.82. The highest BCUT2D eigenvalue weighted by Crippen LogP contribution is 2.28. The summed E-state index contributed by atoms with van der Waals surface area (Å²) in [5, 5.41) is 18.3. The summed E-state index contributed by atoms with van der Waals surface area (Å²) in [6.07, 6.45) is 0.0825. The summed E-state index contributed by atoms with van der Waals surface area (Å²) in [4.78, 5) is 24.7. The Morgan fingerprint density at radius 1 is 1.25 bits per heavy atom. The molecule has 0 aliphatic heterocycles. The third kappa shape index (κ3) is 4.57. The zero-order valence-corrected chi connectivity index (χ0v) is 12.1. The molecule has 0 heterocycles. The van der Waals surface area contributed by atoms with Crippen molar-refractivity contribution in [2.75, 3.05) is 11.4 Å². The van der Waals surface area contributed by atoms with Gasteiger partial charge in [-0.05, 0) is 24.5 Å². The molecule has 0 saturated heterocycles. The van der Waals surface area contributed by atoms with Crippen LogP contribution in [0.4, 0.5) is 5.69 Å². The molecule has 5 heteroatoms. The van der Waals surface area contributed by atoms with E-state index in [-0.39, 0.29) is 24.5 Å². The Morgan fingerprint density at radius 3 is 2.40 bits per heavy atom. The zero-order valence-electron chi connectivity index (χ0n) is 12.1. The third-order valence-corrected chi connectivity index (χ3v) is 3.02. The minimum atomic E-state index is -0.914. The second-order valence-electron chi connectivity index (χ2n) is 5.57. The van der Waals surface area contributed by atoms with Crippen LogP contribution in [0.3, 0.4) is 0 Å². The summed E-state index contributed by atoms with van der Waals surface area (Å²) in [5.74, 6) is -0.967. The molecule has 0 saturated carbocycles. The van der Waals surface area contributed by atoms with Gasteiger partial charge in [0, 0.05) is 24.7 Å². The molecule has 0 unspecified atom stereocenters. The first-order valence-electron chi connectivity index (χ1n) is 6.56. The largest absolute Gasteiger partial charge is 0.508 e. The van der Waals surface area contributed by atoms with Crippen LogP contribution in [0.5, 0.6) is 5.75 Å². The summed E-state index contributed by atoms with van der Waals surface area (Å²) in [6, 6.07) is 6.47. The second-order valence-corrected chi connectivity index (χ2v) is 5.57. The Balaban J connectivity index is 2.85. The van der Waals surface area contributed by atoms with E-state index < -0.39 is 11.4 Å². The van der Waals surface area contributed by atoms with Gasteiger partial charge in [0.25, 0.3) is 0 Å². The van der Waals surface area contributed by atoms with Gasteiger partial charge >= 0.3 is 5.97 Å². The van der Waals surface area contributed by atoms with E-state index in [1.807, 2.05) is 6.92 Å². The number of phenols is 1. The van der Waals surface area contributed by atoms with E-state index in [4.69, 9.17) is 5.11 Å². The van der Waals surface area contributed by atoms with Crippen molar-refractivity contribution in [1.82, 2.24) is 0 Å². The number of nitrogens with zero attached hydrogens (tertiary/aromatic N) is 1. The van der Waals surface area contributed by atoms with Crippen molar-refractivity contribution < 1.29 is 19.8 Å². The number of carboxylic acid groups (broad SMARTS) is 1. The van der Waals surface area contributed by atoms with Crippen LogP contribution in [0.1, 0.15) is 33.6 Å². The number of carbonyl (C=O) groups is 2. The summed E-state index contributed by atoms with van der Waals surface area (Å²) in [7, 11) is 0. The van der Waals surface area contributed by atoms with Gasteiger partial charge in [-0.3, -0.25) is 9.59 Å². The quantitative estimate of drug-likeness (QED) is 0.839. The van der Waals surface area contributed by atoms with Gasteiger partial charge in [0.1, 0.15) is 5.75 Å². The lowest BCUT2D eigenvalue weighted by molar-refractivity contribution is -0.139. The van der Waals surface area contributed by atoms with Crippen LogP contribution in [0, 0.1) is 5.41 Å². The number of hydrogen-bond acceptors (Lipinski definition) is 3. The maximum Gasteiger partial charge on any atom is 0.303 e. The standard InChI is InChI=1S/C15H21NO4/c1-4-16(11-6-5-7-12(17)8-11)13(18)9-15(2,3)10-14(19)20/h5-8,17H,4,9-10H2,1-3H3,(H,19,20). The molecule has 20 heavy (non-hydrogen) atoms. The van der Waals surface area contributed by atoms with E-state index in [1.165, 1.54) is 12.1 Å². The van der Waals surface area contributed by atoms with Crippen LogP contribution in [0.15, 0.2) is 24.3 Å². The van der Waals surface area contributed by atoms with Crippen LogP contribution < -0.4 is 4.90 Å². The van der Waals surface area contributed by atoms with Gasteiger partial charge in [0.05, 0.1) is 6.42 Å². The predicted molar refractivity (Wildman–Crippen MR) is 76.8 cm³/mol. The first-order chi connectivity index (χ1) is 9.25. The molecule has 1 amide bonds. The number of benzene rings is 1. The molecule has 0 fully saturated rings. The van der Waals surface area contributed by atoms with Gasteiger partial charge in [0.15, 0.2) is 0 Å². The molecular formula is C15H21NO4. The average Bonchev–Trinajstić information content (AvgIpc) is 2.26. The van der Waals surface area contributed by atoms with Gasteiger partial charge in [-0.2, -0.15) is 0 Å². The van der Waals surface area contributed by atoms with Crippen LogP contribution in [-0.2, 0) is 9.59 Å². The monoisotopic (exact) mass is 279 g/mol. The molecule has 0 radical (unpaired) electrons. The third-order valence-electron chi connectivity index (χ3n) is 3.02. The van der Waals surface area contributed by atoms with Gasteiger partial charge in [0.2, 0.25) is 5.91 Å². The van der Waals surface area contributed by atoms with E-state index in [2.05, 4.69) is 0 Å². The first kappa shape index (κ1) is 16.0. The SMILES string of the molecule is CCN(C(=O)CC(C)(C)CC(=O)O)c1cccc(O)c1. The summed E-state index contributed by atoms with van der Waals surface area (Å²) < 4.78 is 0. The maximum absolute atomic E-state index is 12.3. The van der Waals surface area contributed by atoms with Crippen molar-refractivity contribution in [2.45, 2.75) is 33.6 Å². The molecule has 0 spiro atoms. The van der Waals surface area contributed by atoms with Gasteiger partial charge in [-0.15, -0.1) is 0 Å². The fourth-order valence-corrected chi connectivity index (χ4v) is 2.14. The Kier molecular flexibility index (Phi) is 5.13. The zero-order chi connectivity index (χ0) is 15.3. The molecule has 0 aromatic heterocycles. The van der Waals surface area contributed by atoms with Crippen molar-refractivity contribution in [1.29, 1.82) is 0 Å². The molecule has 110 valence electrons. The van der Waals surface area contributed by atoms with Crippen LogP contribution in [-0.4, -0.2) is 28.6 Å². The number of carbonyl (C=O) groups excluding carboxylic acids is 1. The first-order valence-corrected chi connectivity index (χ1v) is 6.56. The van der Waals surface area contributed by atoms with Crippen molar-refractivity contribution in [2.24, 2.45) is 5.41 Å². The van der Waals surface area contributed by atoms with Crippen molar-refractivity contribution in [3.05, 3.63) is 24.3 Å². The van der Waals surface area contributed by atoms with Gasteiger partial charge in [-0.25, -0.2) is 0 Å². The smallest absolute Gasteiger partial charge is 0.303 e. The Bertz CT molecular complexity index is 496. The number of rotatable bonds is 6. The summed E-state index contributed by atoms with van der Waals surface area (Å²) >= 11 is 0. The van der Waals surface area contributed by atoms with Crippen LogP contribution >= 0.6 is 0 Å². The minimum absolute atomic E-state index is 0.0592.